The van der Waals surface area contributed by atoms with Crippen LogP contribution in [0.15, 0.2) is 60.8 Å². The first kappa shape index (κ1) is 19.6. The van der Waals surface area contributed by atoms with Gasteiger partial charge in [-0.3, -0.25) is 9.69 Å². The van der Waals surface area contributed by atoms with Gasteiger partial charge in [-0.1, -0.05) is 30.3 Å². The Hall–Kier alpha value is -2.66. The molecule has 152 valence electrons. The van der Waals surface area contributed by atoms with Gasteiger partial charge in [0.2, 0.25) is 5.91 Å². The molecule has 0 spiro atoms. The number of rotatable bonds is 7. The average molecular weight is 394 g/mol. The van der Waals surface area contributed by atoms with Gasteiger partial charge in [-0.25, -0.2) is 4.39 Å². The SMILES string of the molecule is O=C(Cn1ccc2ccc(F)cc21)NCCC1CCN(Cc2ccccc2)CC1. The van der Waals surface area contributed by atoms with Crippen molar-refractivity contribution in [1.29, 1.82) is 0 Å². The summed E-state index contributed by atoms with van der Waals surface area (Å²) in [5.41, 5.74) is 2.13. The van der Waals surface area contributed by atoms with Crippen LogP contribution in [0.5, 0.6) is 0 Å². The summed E-state index contributed by atoms with van der Waals surface area (Å²) in [6, 6.07) is 17.2. The molecular formula is C24H28FN3O. The van der Waals surface area contributed by atoms with Crippen LogP contribution < -0.4 is 5.32 Å². The van der Waals surface area contributed by atoms with Gasteiger partial charge in [0.05, 0.1) is 5.52 Å². The van der Waals surface area contributed by atoms with E-state index in [4.69, 9.17) is 0 Å². The Morgan fingerprint density at radius 3 is 2.66 bits per heavy atom. The normalized spacial score (nSPS) is 15.6. The molecule has 4 rings (SSSR count). The zero-order valence-electron chi connectivity index (χ0n) is 16.7. The van der Waals surface area contributed by atoms with Gasteiger partial charge >= 0.3 is 0 Å². The predicted molar refractivity (Wildman–Crippen MR) is 114 cm³/mol. The topological polar surface area (TPSA) is 37.3 Å². The summed E-state index contributed by atoms with van der Waals surface area (Å²) in [5, 5.41) is 3.98. The first-order valence-corrected chi connectivity index (χ1v) is 10.4. The van der Waals surface area contributed by atoms with Gasteiger partial charge in [0, 0.05) is 19.3 Å². The fourth-order valence-corrected chi connectivity index (χ4v) is 4.20. The Morgan fingerprint density at radius 2 is 1.86 bits per heavy atom. The molecule has 1 N–H and O–H groups in total. The van der Waals surface area contributed by atoms with Crippen molar-refractivity contribution < 1.29 is 9.18 Å². The molecule has 1 amide bonds. The Bertz CT molecular complexity index is 945. The van der Waals surface area contributed by atoms with Gasteiger partial charge < -0.3 is 9.88 Å². The lowest BCUT2D eigenvalue weighted by Gasteiger charge is -2.32. The molecule has 1 aliphatic rings. The van der Waals surface area contributed by atoms with Crippen molar-refractivity contribution in [1.82, 2.24) is 14.8 Å². The number of nitrogens with zero attached hydrogens (tertiary/aromatic N) is 2. The first-order valence-electron chi connectivity index (χ1n) is 10.4. The molecule has 2 heterocycles. The molecule has 5 heteroatoms. The molecule has 1 fully saturated rings. The number of hydrogen-bond acceptors (Lipinski definition) is 2. The van der Waals surface area contributed by atoms with Crippen molar-refractivity contribution in [3.05, 3.63) is 72.2 Å². The van der Waals surface area contributed by atoms with Crippen LogP contribution in [0.4, 0.5) is 4.39 Å². The minimum Gasteiger partial charge on any atom is -0.355 e. The quantitative estimate of drug-likeness (QED) is 0.653. The van der Waals surface area contributed by atoms with E-state index in [1.54, 1.807) is 10.6 Å². The van der Waals surface area contributed by atoms with Crippen LogP contribution in [0, 0.1) is 11.7 Å². The Morgan fingerprint density at radius 1 is 1.07 bits per heavy atom. The molecule has 2 aromatic carbocycles. The van der Waals surface area contributed by atoms with E-state index in [9.17, 15) is 9.18 Å². The average Bonchev–Trinajstić information content (AvgIpc) is 3.12. The highest BCUT2D eigenvalue weighted by atomic mass is 19.1. The second-order valence-electron chi connectivity index (χ2n) is 7.99. The summed E-state index contributed by atoms with van der Waals surface area (Å²) < 4.78 is 15.3. The molecule has 0 unspecified atom stereocenters. The Kier molecular flexibility index (Phi) is 6.25. The summed E-state index contributed by atoms with van der Waals surface area (Å²) in [6.07, 6.45) is 5.23. The third-order valence-corrected chi connectivity index (χ3v) is 5.88. The number of likely N-dealkylation sites (tertiary alicyclic amines) is 1. The standard InChI is InChI=1S/C24H28FN3O/c25-22-7-6-21-11-15-28(23(21)16-22)18-24(29)26-12-8-19-9-13-27(14-10-19)17-20-4-2-1-3-5-20/h1-7,11,15-16,19H,8-10,12-14,17-18H2,(H,26,29). The molecular weight excluding hydrogens is 365 g/mol. The number of piperidine rings is 1. The molecule has 0 aliphatic carbocycles. The highest BCUT2D eigenvalue weighted by molar-refractivity contribution is 5.83. The van der Waals surface area contributed by atoms with Gasteiger partial charge in [0.25, 0.3) is 0 Å². The van der Waals surface area contributed by atoms with Gasteiger partial charge in [0.15, 0.2) is 0 Å². The monoisotopic (exact) mass is 393 g/mol. The van der Waals surface area contributed by atoms with E-state index in [0.29, 0.717) is 12.5 Å². The smallest absolute Gasteiger partial charge is 0.239 e. The summed E-state index contributed by atoms with van der Waals surface area (Å²) in [6.45, 7) is 4.19. The zero-order valence-corrected chi connectivity index (χ0v) is 16.7. The van der Waals surface area contributed by atoms with Crippen LogP contribution in [0.25, 0.3) is 10.9 Å². The van der Waals surface area contributed by atoms with E-state index in [1.807, 2.05) is 12.3 Å². The van der Waals surface area contributed by atoms with E-state index in [0.717, 1.165) is 37.0 Å². The summed E-state index contributed by atoms with van der Waals surface area (Å²) in [4.78, 5) is 14.8. The fraction of sp³-hybridized carbons (Fsp3) is 0.375. The van der Waals surface area contributed by atoms with Crippen LogP contribution in [-0.4, -0.2) is 35.0 Å². The minimum atomic E-state index is -0.281. The van der Waals surface area contributed by atoms with Crippen molar-refractivity contribution in [2.45, 2.75) is 32.4 Å². The van der Waals surface area contributed by atoms with Gasteiger partial charge in [-0.15, -0.1) is 0 Å². The fourth-order valence-electron chi connectivity index (χ4n) is 4.20. The van der Waals surface area contributed by atoms with Crippen LogP contribution >= 0.6 is 0 Å². The third-order valence-electron chi connectivity index (χ3n) is 5.88. The van der Waals surface area contributed by atoms with Crippen molar-refractivity contribution in [3.63, 3.8) is 0 Å². The maximum atomic E-state index is 13.5. The highest BCUT2D eigenvalue weighted by Gasteiger charge is 2.19. The van der Waals surface area contributed by atoms with Crippen LogP contribution in [0.3, 0.4) is 0 Å². The van der Waals surface area contributed by atoms with E-state index < -0.39 is 0 Å². The van der Waals surface area contributed by atoms with Crippen molar-refractivity contribution in [3.8, 4) is 0 Å². The second-order valence-corrected chi connectivity index (χ2v) is 7.99. The third kappa shape index (κ3) is 5.24. The number of amides is 1. The molecule has 0 radical (unpaired) electrons. The van der Waals surface area contributed by atoms with Crippen LogP contribution in [0.1, 0.15) is 24.8 Å². The number of benzene rings is 2. The molecule has 0 bridgehead atoms. The number of fused-ring (bicyclic) bond motifs is 1. The number of hydrogen-bond donors (Lipinski definition) is 1. The Labute approximate surface area is 171 Å². The lowest BCUT2D eigenvalue weighted by atomic mass is 9.93. The van der Waals surface area contributed by atoms with Gasteiger partial charge in [-0.2, -0.15) is 0 Å². The van der Waals surface area contributed by atoms with Crippen molar-refractivity contribution in [2.24, 2.45) is 5.92 Å². The second kappa shape index (κ2) is 9.23. The molecule has 0 saturated carbocycles. The predicted octanol–water partition coefficient (Wildman–Crippen LogP) is 4.20. The number of halogens is 1. The number of nitrogens with one attached hydrogen (secondary N) is 1. The number of aromatic nitrogens is 1. The lowest BCUT2D eigenvalue weighted by molar-refractivity contribution is -0.121. The molecule has 0 atom stereocenters. The maximum absolute atomic E-state index is 13.5. The zero-order chi connectivity index (χ0) is 20.1. The molecule has 1 aromatic heterocycles. The molecule has 1 saturated heterocycles. The highest BCUT2D eigenvalue weighted by Crippen LogP contribution is 2.21. The summed E-state index contributed by atoms with van der Waals surface area (Å²) in [5.74, 6) is 0.369. The largest absolute Gasteiger partial charge is 0.355 e. The van der Waals surface area contributed by atoms with Crippen LogP contribution in [0.2, 0.25) is 0 Å². The summed E-state index contributed by atoms with van der Waals surface area (Å²) in [7, 11) is 0. The van der Waals surface area contributed by atoms with E-state index >= 15 is 0 Å². The summed E-state index contributed by atoms with van der Waals surface area (Å²) >= 11 is 0. The minimum absolute atomic E-state index is 0.0201. The Balaban J connectivity index is 1.18. The van der Waals surface area contributed by atoms with Gasteiger partial charge in [-0.05, 0) is 73.5 Å². The molecule has 3 aromatic rings. The van der Waals surface area contributed by atoms with Gasteiger partial charge in [0.1, 0.15) is 12.4 Å². The van der Waals surface area contributed by atoms with E-state index in [1.165, 1.54) is 30.5 Å². The molecule has 1 aliphatic heterocycles. The lowest BCUT2D eigenvalue weighted by Crippen LogP contribution is -2.35. The number of carbonyl (C=O) groups is 1. The van der Waals surface area contributed by atoms with Crippen LogP contribution in [-0.2, 0) is 17.9 Å². The first-order chi connectivity index (χ1) is 14.2. The van der Waals surface area contributed by atoms with E-state index in [2.05, 4.69) is 40.5 Å². The number of carbonyl (C=O) groups excluding carboxylic acids is 1. The molecule has 29 heavy (non-hydrogen) atoms. The molecule has 4 nitrogen and oxygen atoms in total. The van der Waals surface area contributed by atoms with E-state index in [-0.39, 0.29) is 18.3 Å². The van der Waals surface area contributed by atoms with Crippen molar-refractivity contribution >= 4 is 16.8 Å². The maximum Gasteiger partial charge on any atom is 0.239 e. The van der Waals surface area contributed by atoms with Crippen molar-refractivity contribution in [2.75, 3.05) is 19.6 Å².